The molecule has 0 radical (unpaired) electrons. The van der Waals surface area contributed by atoms with E-state index in [1.165, 1.54) is 0 Å². The third-order valence-electron chi connectivity index (χ3n) is 1.17. The molecule has 0 saturated heterocycles. The molecule has 0 unspecified atom stereocenters. The number of aliphatic carboxylic acids is 2. The number of carboxylic acid groups (broad SMARTS) is 2. The zero-order valence-electron chi connectivity index (χ0n) is 6.20. The Bertz CT molecular complexity index is 132. The van der Waals surface area contributed by atoms with E-state index in [4.69, 9.17) is 10.2 Å². The van der Waals surface area contributed by atoms with E-state index < -0.39 is 17.9 Å². The Kier molecular flexibility index (Phi) is 7.68. The molecule has 0 aliphatic rings. The third kappa shape index (κ3) is 4.98. The van der Waals surface area contributed by atoms with Crippen LogP contribution >= 0.6 is 0 Å². The normalized spacial score (nSPS) is 8.91. The molecule has 0 amide bonds. The van der Waals surface area contributed by atoms with E-state index in [1.54, 1.807) is 6.92 Å². The van der Waals surface area contributed by atoms with Crippen molar-refractivity contribution in [2.24, 2.45) is 5.92 Å². The van der Waals surface area contributed by atoms with Gasteiger partial charge in [-0.2, -0.15) is 0 Å². The van der Waals surface area contributed by atoms with Crippen molar-refractivity contribution in [3.05, 3.63) is 0 Å². The summed E-state index contributed by atoms with van der Waals surface area (Å²) >= 11 is 0. The van der Waals surface area contributed by atoms with Gasteiger partial charge in [-0.25, -0.2) is 0 Å². The van der Waals surface area contributed by atoms with Crippen molar-refractivity contribution < 1.29 is 41.5 Å². The van der Waals surface area contributed by atoms with Crippen molar-refractivity contribution in [2.75, 3.05) is 0 Å². The summed E-state index contributed by atoms with van der Waals surface area (Å²) in [4.78, 5) is 20.3. The smallest absolute Gasteiger partial charge is 0.317 e. The van der Waals surface area contributed by atoms with Gasteiger partial charge in [0.25, 0.3) is 0 Å². The molecule has 0 spiro atoms. The molecule has 0 aromatic rings. The molecule has 0 bridgehead atoms. The Balaban J connectivity index is 0. The van der Waals surface area contributed by atoms with Gasteiger partial charge in [0.05, 0.1) is 0 Å². The Morgan fingerprint density at radius 3 is 1.73 bits per heavy atom. The maximum atomic E-state index is 10.2. The van der Waals surface area contributed by atoms with Crippen LogP contribution in [0.25, 0.3) is 0 Å². The van der Waals surface area contributed by atoms with E-state index in [0.717, 1.165) is 0 Å². The molecular formula is C6H10O4Ti. The summed E-state index contributed by atoms with van der Waals surface area (Å²) in [6.07, 6.45) is 0.772. The molecule has 0 saturated carbocycles. The van der Waals surface area contributed by atoms with Gasteiger partial charge in [-0.1, -0.05) is 13.3 Å². The van der Waals surface area contributed by atoms with E-state index in [1.807, 2.05) is 0 Å². The molecule has 2 N–H and O–H groups in total. The molecule has 5 heteroatoms. The summed E-state index contributed by atoms with van der Waals surface area (Å²) < 4.78 is 0. The fraction of sp³-hybridized carbons (Fsp3) is 0.667. The van der Waals surface area contributed by atoms with Crippen molar-refractivity contribution in [3.8, 4) is 0 Å². The standard InChI is InChI=1S/C6H10O4.Ti/c1-2-3-4(5(7)8)6(9)10;/h4H,2-3H2,1H3,(H,7,8)(H,9,10);. The number of hydrogen-bond donors (Lipinski definition) is 2. The van der Waals surface area contributed by atoms with Crippen LogP contribution in [-0.4, -0.2) is 22.2 Å². The van der Waals surface area contributed by atoms with Crippen molar-refractivity contribution in [2.45, 2.75) is 19.8 Å². The van der Waals surface area contributed by atoms with Gasteiger partial charge in [0.2, 0.25) is 0 Å². The predicted octanol–water partition coefficient (Wildman–Crippen LogP) is 0.569. The maximum absolute atomic E-state index is 10.2. The van der Waals surface area contributed by atoms with Crippen LogP contribution in [0.1, 0.15) is 19.8 Å². The molecule has 0 rings (SSSR count). The van der Waals surface area contributed by atoms with Crippen molar-refractivity contribution in [1.82, 2.24) is 0 Å². The fourth-order valence-corrected chi connectivity index (χ4v) is 0.641. The first-order valence-corrected chi connectivity index (χ1v) is 3.05. The Hall–Kier alpha value is -0.346. The van der Waals surface area contributed by atoms with Gasteiger partial charge >= 0.3 is 11.9 Å². The molecule has 62 valence electrons. The molecule has 0 atom stereocenters. The summed E-state index contributed by atoms with van der Waals surface area (Å²) in [5.74, 6) is -3.74. The van der Waals surface area contributed by atoms with E-state index in [0.29, 0.717) is 6.42 Å². The molecule has 0 aliphatic carbocycles. The average molecular weight is 194 g/mol. The monoisotopic (exact) mass is 194 g/mol. The fourth-order valence-electron chi connectivity index (χ4n) is 0.641. The summed E-state index contributed by atoms with van der Waals surface area (Å²) in [6.45, 7) is 1.75. The summed E-state index contributed by atoms with van der Waals surface area (Å²) in [7, 11) is 0. The molecule has 11 heavy (non-hydrogen) atoms. The third-order valence-corrected chi connectivity index (χ3v) is 1.17. The van der Waals surface area contributed by atoms with E-state index in [9.17, 15) is 9.59 Å². The Morgan fingerprint density at radius 1 is 1.27 bits per heavy atom. The number of hydrogen-bond acceptors (Lipinski definition) is 2. The molecular weight excluding hydrogens is 184 g/mol. The zero-order valence-corrected chi connectivity index (χ0v) is 7.76. The van der Waals surface area contributed by atoms with Crippen LogP contribution in [0, 0.1) is 5.92 Å². The van der Waals surface area contributed by atoms with Crippen molar-refractivity contribution in [1.29, 1.82) is 0 Å². The topological polar surface area (TPSA) is 74.6 Å². The zero-order chi connectivity index (χ0) is 8.15. The van der Waals surface area contributed by atoms with Gasteiger partial charge in [-0.05, 0) is 6.42 Å². The van der Waals surface area contributed by atoms with Crippen LogP contribution in [0.5, 0.6) is 0 Å². The van der Waals surface area contributed by atoms with Gasteiger partial charge in [0.15, 0.2) is 5.92 Å². The summed E-state index contributed by atoms with van der Waals surface area (Å²) in [5, 5.41) is 16.6. The minimum atomic E-state index is -1.26. The molecule has 0 heterocycles. The maximum Gasteiger partial charge on any atom is 0.317 e. The largest absolute Gasteiger partial charge is 0.481 e. The van der Waals surface area contributed by atoms with Gasteiger partial charge in [-0.3, -0.25) is 9.59 Å². The number of rotatable bonds is 4. The predicted molar refractivity (Wildman–Crippen MR) is 33.7 cm³/mol. The first-order valence-electron chi connectivity index (χ1n) is 3.05. The van der Waals surface area contributed by atoms with Gasteiger partial charge < -0.3 is 10.2 Å². The number of carbonyl (C=O) groups is 2. The van der Waals surface area contributed by atoms with Crippen LogP contribution in [0.3, 0.4) is 0 Å². The van der Waals surface area contributed by atoms with Crippen LogP contribution in [0.4, 0.5) is 0 Å². The first-order chi connectivity index (χ1) is 4.59. The van der Waals surface area contributed by atoms with E-state index in [-0.39, 0.29) is 28.1 Å². The van der Waals surface area contributed by atoms with Crippen LogP contribution in [-0.2, 0) is 31.3 Å². The van der Waals surface area contributed by atoms with Crippen molar-refractivity contribution >= 4 is 11.9 Å². The van der Waals surface area contributed by atoms with Gasteiger partial charge in [-0.15, -0.1) is 0 Å². The Labute approximate surface area is 79.5 Å². The average Bonchev–Trinajstić information content (AvgIpc) is 1.81. The molecule has 0 fully saturated rings. The summed E-state index contributed by atoms with van der Waals surface area (Å²) in [6, 6.07) is 0. The number of carboxylic acids is 2. The van der Waals surface area contributed by atoms with Gasteiger partial charge in [0.1, 0.15) is 0 Å². The molecule has 0 aromatic heterocycles. The van der Waals surface area contributed by atoms with Gasteiger partial charge in [0, 0.05) is 21.7 Å². The summed E-state index contributed by atoms with van der Waals surface area (Å²) in [5.41, 5.74) is 0. The Morgan fingerprint density at radius 2 is 1.64 bits per heavy atom. The molecule has 0 aromatic carbocycles. The van der Waals surface area contributed by atoms with Crippen LogP contribution < -0.4 is 0 Å². The van der Waals surface area contributed by atoms with E-state index in [2.05, 4.69) is 0 Å². The second kappa shape index (κ2) is 6.37. The minimum Gasteiger partial charge on any atom is -0.481 e. The molecule has 4 nitrogen and oxygen atoms in total. The first kappa shape index (κ1) is 13.3. The second-order valence-electron chi connectivity index (χ2n) is 2.02. The van der Waals surface area contributed by atoms with E-state index >= 15 is 0 Å². The van der Waals surface area contributed by atoms with Crippen molar-refractivity contribution in [3.63, 3.8) is 0 Å². The van der Waals surface area contributed by atoms with Crippen LogP contribution in [0.2, 0.25) is 0 Å². The SMILES string of the molecule is CCCC(C(=O)O)C(=O)O.[Ti]. The quantitative estimate of drug-likeness (QED) is 0.506. The van der Waals surface area contributed by atoms with Crippen LogP contribution in [0.15, 0.2) is 0 Å². The second-order valence-corrected chi connectivity index (χ2v) is 2.02. The minimum absolute atomic E-state index is 0. The molecule has 0 aliphatic heterocycles.